The third-order valence-electron chi connectivity index (χ3n) is 5.64. The van der Waals surface area contributed by atoms with Crippen molar-refractivity contribution in [3.05, 3.63) is 71.3 Å². The van der Waals surface area contributed by atoms with Crippen molar-refractivity contribution in [1.29, 1.82) is 0 Å². The zero-order valence-corrected chi connectivity index (χ0v) is 16.3. The van der Waals surface area contributed by atoms with Crippen LogP contribution < -0.4 is 5.32 Å². The molecule has 2 aromatic carbocycles. The molecule has 6 heteroatoms. The van der Waals surface area contributed by atoms with E-state index in [1.165, 1.54) is 12.8 Å². The molecule has 0 saturated carbocycles. The summed E-state index contributed by atoms with van der Waals surface area (Å²) in [6, 6.07) is 15.4. The van der Waals surface area contributed by atoms with Gasteiger partial charge in [0.2, 0.25) is 5.91 Å². The van der Waals surface area contributed by atoms with Crippen LogP contribution in [0.1, 0.15) is 39.1 Å². The van der Waals surface area contributed by atoms with Gasteiger partial charge in [0.05, 0.1) is 11.1 Å². The third-order valence-corrected chi connectivity index (χ3v) is 5.64. The maximum atomic E-state index is 13.1. The van der Waals surface area contributed by atoms with Gasteiger partial charge in [0.1, 0.15) is 6.04 Å². The molecule has 1 saturated heterocycles. The van der Waals surface area contributed by atoms with E-state index >= 15 is 0 Å². The van der Waals surface area contributed by atoms with Crippen LogP contribution in [0.3, 0.4) is 0 Å². The van der Waals surface area contributed by atoms with Crippen molar-refractivity contribution in [2.45, 2.75) is 25.3 Å². The molecule has 1 atom stereocenters. The number of fused-ring (bicyclic) bond motifs is 1. The van der Waals surface area contributed by atoms with Crippen molar-refractivity contribution < 1.29 is 14.4 Å². The molecule has 2 heterocycles. The van der Waals surface area contributed by atoms with Crippen molar-refractivity contribution in [2.75, 3.05) is 26.2 Å². The van der Waals surface area contributed by atoms with Gasteiger partial charge in [-0.3, -0.25) is 19.3 Å². The normalized spacial score (nSPS) is 17.4. The summed E-state index contributed by atoms with van der Waals surface area (Å²) >= 11 is 0. The summed E-state index contributed by atoms with van der Waals surface area (Å²) in [5, 5.41) is 2.95. The molecule has 0 radical (unpaired) electrons. The van der Waals surface area contributed by atoms with Gasteiger partial charge < -0.3 is 10.2 Å². The molecule has 0 spiro atoms. The van der Waals surface area contributed by atoms with Crippen LogP contribution in [0.4, 0.5) is 0 Å². The second-order valence-corrected chi connectivity index (χ2v) is 7.57. The van der Waals surface area contributed by atoms with Crippen molar-refractivity contribution in [1.82, 2.24) is 15.1 Å². The maximum absolute atomic E-state index is 13.1. The minimum atomic E-state index is -0.872. The topological polar surface area (TPSA) is 69.7 Å². The number of carbonyl (C=O) groups excluding carboxylic acids is 3. The quantitative estimate of drug-likeness (QED) is 0.734. The van der Waals surface area contributed by atoms with E-state index in [0.717, 1.165) is 30.1 Å². The van der Waals surface area contributed by atoms with Gasteiger partial charge in [-0.1, -0.05) is 42.5 Å². The highest BCUT2D eigenvalue weighted by Gasteiger charge is 2.42. The highest BCUT2D eigenvalue weighted by atomic mass is 16.2. The molecule has 0 bridgehead atoms. The molecular formula is C23H25N3O3. The summed E-state index contributed by atoms with van der Waals surface area (Å²) in [6.07, 6.45) is 2.68. The number of imide groups is 1. The molecule has 0 unspecified atom stereocenters. The average Bonchev–Trinajstić information content (AvgIpc) is 3.35. The molecule has 1 N–H and O–H groups in total. The lowest BCUT2D eigenvalue weighted by atomic mass is 10.0. The fourth-order valence-corrected chi connectivity index (χ4v) is 4.09. The monoisotopic (exact) mass is 391 g/mol. The lowest BCUT2D eigenvalue weighted by molar-refractivity contribution is -0.125. The minimum absolute atomic E-state index is 0.289. The SMILES string of the molecule is O=C(NCCN1CCCC1)[C@H](Cc1ccccc1)N1C(=O)c2ccccc2C1=O. The number of benzene rings is 2. The predicted molar refractivity (Wildman–Crippen MR) is 110 cm³/mol. The van der Waals surface area contributed by atoms with E-state index in [2.05, 4.69) is 10.2 Å². The molecule has 2 aliphatic heterocycles. The van der Waals surface area contributed by atoms with Crippen LogP contribution in [-0.4, -0.2) is 59.7 Å². The standard InChI is InChI=1S/C23H25N3O3/c27-21(24-12-15-25-13-6-7-14-25)20(16-17-8-2-1-3-9-17)26-22(28)18-10-4-5-11-19(18)23(26)29/h1-5,8-11,20H,6-7,12-16H2,(H,24,27)/t20-/m0/s1. The van der Waals surface area contributed by atoms with Gasteiger partial charge in [0, 0.05) is 19.5 Å². The van der Waals surface area contributed by atoms with Gasteiger partial charge in [0.15, 0.2) is 0 Å². The molecule has 6 nitrogen and oxygen atoms in total. The Labute approximate surface area is 170 Å². The zero-order chi connectivity index (χ0) is 20.2. The van der Waals surface area contributed by atoms with Crippen molar-refractivity contribution >= 4 is 17.7 Å². The van der Waals surface area contributed by atoms with Crippen molar-refractivity contribution in [3.8, 4) is 0 Å². The molecule has 0 aliphatic carbocycles. The fourth-order valence-electron chi connectivity index (χ4n) is 4.09. The Morgan fingerprint density at radius 2 is 1.48 bits per heavy atom. The summed E-state index contributed by atoms with van der Waals surface area (Å²) in [5.74, 6) is -1.09. The number of nitrogens with zero attached hydrogens (tertiary/aromatic N) is 2. The van der Waals surface area contributed by atoms with Crippen LogP contribution in [0.15, 0.2) is 54.6 Å². The van der Waals surface area contributed by atoms with Gasteiger partial charge in [0.25, 0.3) is 11.8 Å². The molecule has 150 valence electrons. The maximum Gasteiger partial charge on any atom is 0.262 e. The van der Waals surface area contributed by atoms with Gasteiger partial charge in [-0.25, -0.2) is 0 Å². The highest BCUT2D eigenvalue weighted by molar-refractivity contribution is 6.22. The summed E-state index contributed by atoms with van der Waals surface area (Å²) < 4.78 is 0. The molecule has 2 aromatic rings. The van der Waals surface area contributed by atoms with Gasteiger partial charge >= 0.3 is 0 Å². The number of rotatable bonds is 7. The van der Waals surface area contributed by atoms with Crippen LogP contribution in [0.5, 0.6) is 0 Å². The predicted octanol–water partition coefficient (Wildman–Crippen LogP) is 2.11. The summed E-state index contributed by atoms with van der Waals surface area (Å²) in [7, 11) is 0. The minimum Gasteiger partial charge on any atom is -0.353 e. The van der Waals surface area contributed by atoms with Gasteiger partial charge in [-0.05, 0) is 43.6 Å². The lowest BCUT2D eigenvalue weighted by Gasteiger charge is -2.26. The number of hydrogen-bond acceptors (Lipinski definition) is 4. The van der Waals surface area contributed by atoms with Crippen molar-refractivity contribution in [3.63, 3.8) is 0 Å². The van der Waals surface area contributed by atoms with Crippen LogP contribution in [0.25, 0.3) is 0 Å². The molecule has 0 aromatic heterocycles. The Balaban J connectivity index is 1.53. The van der Waals surface area contributed by atoms with Crippen molar-refractivity contribution in [2.24, 2.45) is 0 Å². The fraction of sp³-hybridized carbons (Fsp3) is 0.348. The Morgan fingerprint density at radius 3 is 2.10 bits per heavy atom. The number of likely N-dealkylation sites (tertiary alicyclic amines) is 1. The first kappa shape index (κ1) is 19.3. The number of hydrogen-bond donors (Lipinski definition) is 1. The van der Waals surface area contributed by atoms with Crippen LogP contribution in [0.2, 0.25) is 0 Å². The van der Waals surface area contributed by atoms with Gasteiger partial charge in [-0.2, -0.15) is 0 Å². The second kappa shape index (κ2) is 8.57. The van der Waals surface area contributed by atoms with E-state index in [4.69, 9.17) is 0 Å². The van der Waals surface area contributed by atoms with Crippen LogP contribution in [0, 0.1) is 0 Å². The third kappa shape index (κ3) is 4.07. The Kier molecular flexibility index (Phi) is 5.71. The van der Waals surface area contributed by atoms with E-state index in [1.54, 1.807) is 24.3 Å². The van der Waals surface area contributed by atoms with Crippen LogP contribution in [-0.2, 0) is 11.2 Å². The summed E-state index contributed by atoms with van der Waals surface area (Å²) in [4.78, 5) is 42.4. The molecule has 29 heavy (non-hydrogen) atoms. The van der Waals surface area contributed by atoms with Gasteiger partial charge in [-0.15, -0.1) is 0 Å². The number of amides is 3. The first-order valence-electron chi connectivity index (χ1n) is 10.2. The average molecular weight is 391 g/mol. The van der Waals surface area contributed by atoms with E-state index in [0.29, 0.717) is 24.1 Å². The summed E-state index contributed by atoms with van der Waals surface area (Å²) in [5.41, 5.74) is 1.63. The lowest BCUT2D eigenvalue weighted by Crippen LogP contribution is -2.51. The smallest absolute Gasteiger partial charge is 0.262 e. The number of carbonyl (C=O) groups is 3. The Hall–Kier alpha value is -2.99. The summed E-state index contributed by atoms with van der Waals surface area (Å²) in [6.45, 7) is 3.41. The zero-order valence-electron chi connectivity index (χ0n) is 16.3. The molecule has 2 aliphatic rings. The Morgan fingerprint density at radius 1 is 0.897 bits per heavy atom. The largest absolute Gasteiger partial charge is 0.353 e. The molecule has 1 fully saturated rings. The van der Waals surface area contributed by atoms with Crippen LogP contribution >= 0.6 is 0 Å². The van der Waals surface area contributed by atoms with E-state index < -0.39 is 17.9 Å². The molecule has 3 amide bonds. The highest BCUT2D eigenvalue weighted by Crippen LogP contribution is 2.26. The van der Waals surface area contributed by atoms with E-state index in [-0.39, 0.29) is 5.91 Å². The molecule has 4 rings (SSSR count). The number of nitrogens with one attached hydrogen (secondary N) is 1. The Bertz CT molecular complexity index is 872. The first-order valence-corrected chi connectivity index (χ1v) is 10.2. The van der Waals surface area contributed by atoms with E-state index in [9.17, 15) is 14.4 Å². The molecular weight excluding hydrogens is 366 g/mol. The van der Waals surface area contributed by atoms with E-state index in [1.807, 2.05) is 30.3 Å². The first-order chi connectivity index (χ1) is 14.1. The second-order valence-electron chi connectivity index (χ2n) is 7.57.